The van der Waals surface area contributed by atoms with Crippen molar-refractivity contribution < 1.29 is 14.0 Å². The molecule has 1 aliphatic heterocycles. The molecule has 6 heteroatoms. The number of thiophene rings is 1. The van der Waals surface area contributed by atoms with Gasteiger partial charge in [0.25, 0.3) is 11.8 Å². The van der Waals surface area contributed by atoms with Gasteiger partial charge in [-0.15, -0.1) is 11.3 Å². The van der Waals surface area contributed by atoms with Crippen LogP contribution in [0.4, 0.5) is 5.00 Å². The number of aryl methyl sites for hydroxylation is 1. The first kappa shape index (κ1) is 17.3. The molecule has 2 fully saturated rings. The number of amides is 2. The molecule has 0 spiro atoms. The Balaban J connectivity index is 1.45. The van der Waals surface area contributed by atoms with Crippen LogP contribution in [0.1, 0.15) is 57.9 Å². The van der Waals surface area contributed by atoms with E-state index in [2.05, 4.69) is 5.32 Å². The summed E-state index contributed by atoms with van der Waals surface area (Å²) in [5.41, 5.74) is 0.917. The zero-order valence-electron chi connectivity index (χ0n) is 15.0. The number of rotatable bonds is 3. The topological polar surface area (TPSA) is 62.6 Å². The molecule has 2 atom stereocenters. The molecule has 26 heavy (non-hydrogen) atoms. The van der Waals surface area contributed by atoms with Crippen LogP contribution < -0.4 is 5.32 Å². The van der Waals surface area contributed by atoms with Crippen molar-refractivity contribution in [1.29, 1.82) is 0 Å². The minimum atomic E-state index is -0.293. The average molecular weight is 372 g/mol. The molecule has 2 aromatic heterocycles. The highest BCUT2D eigenvalue weighted by Gasteiger charge is 2.34. The lowest BCUT2D eigenvalue weighted by Gasteiger charge is -2.41. The lowest BCUT2D eigenvalue weighted by molar-refractivity contribution is 0.0524. The van der Waals surface area contributed by atoms with E-state index in [9.17, 15) is 9.59 Å². The summed E-state index contributed by atoms with van der Waals surface area (Å²) in [5.74, 6) is 1.55. The molecular weight excluding hydrogens is 348 g/mol. The molecule has 0 radical (unpaired) electrons. The molecule has 2 aliphatic rings. The highest BCUT2D eigenvalue weighted by Crippen LogP contribution is 2.37. The van der Waals surface area contributed by atoms with E-state index in [1.54, 1.807) is 12.1 Å². The first-order valence-electron chi connectivity index (χ1n) is 9.36. The fraction of sp³-hybridized carbons (Fsp3) is 0.500. The van der Waals surface area contributed by atoms with Gasteiger partial charge >= 0.3 is 0 Å². The van der Waals surface area contributed by atoms with Crippen LogP contribution in [0, 0.1) is 18.8 Å². The number of anilines is 1. The third-order valence-corrected chi connectivity index (χ3v) is 6.81. The smallest absolute Gasteiger partial charge is 0.291 e. The van der Waals surface area contributed by atoms with Crippen LogP contribution in [-0.2, 0) is 0 Å². The summed E-state index contributed by atoms with van der Waals surface area (Å²) < 4.78 is 5.11. The van der Waals surface area contributed by atoms with Gasteiger partial charge in [0.05, 0.1) is 16.1 Å². The lowest BCUT2D eigenvalue weighted by atomic mass is 9.75. The molecule has 3 heterocycles. The molecule has 2 amide bonds. The second-order valence-electron chi connectivity index (χ2n) is 7.40. The summed E-state index contributed by atoms with van der Waals surface area (Å²) in [6, 6.07) is 5.17. The second-order valence-corrected chi connectivity index (χ2v) is 8.45. The van der Waals surface area contributed by atoms with Crippen LogP contribution in [0.15, 0.2) is 28.9 Å². The summed E-state index contributed by atoms with van der Waals surface area (Å²) in [7, 11) is 0. The van der Waals surface area contributed by atoms with Crippen LogP contribution in [-0.4, -0.2) is 29.8 Å². The van der Waals surface area contributed by atoms with Gasteiger partial charge in [0.1, 0.15) is 0 Å². The Morgan fingerprint density at radius 3 is 2.81 bits per heavy atom. The number of fused-ring (bicyclic) bond motifs is 1. The first-order valence-corrected chi connectivity index (χ1v) is 10.2. The highest BCUT2D eigenvalue weighted by molar-refractivity contribution is 7.18. The predicted octanol–water partition coefficient (Wildman–Crippen LogP) is 4.55. The summed E-state index contributed by atoms with van der Waals surface area (Å²) >= 11 is 1.35. The van der Waals surface area contributed by atoms with Gasteiger partial charge in [0.15, 0.2) is 5.76 Å². The Kier molecular flexibility index (Phi) is 4.85. The Hall–Kier alpha value is -2.08. The monoisotopic (exact) mass is 372 g/mol. The van der Waals surface area contributed by atoms with Crippen molar-refractivity contribution in [3.8, 4) is 0 Å². The van der Waals surface area contributed by atoms with Crippen LogP contribution in [0.2, 0.25) is 0 Å². The minimum Gasteiger partial charge on any atom is -0.459 e. The number of furan rings is 1. The largest absolute Gasteiger partial charge is 0.459 e. The van der Waals surface area contributed by atoms with Crippen molar-refractivity contribution >= 4 is 28.2 Å². The maximum absolute atomic E-state index is 13.0. The molecule has 1 aliphatic carbocycles. The summed E-state index contributed by atoms with van der Waals surface area (Å²) in [4.78, 5) is 27.9. The molecule has 1 N–H and O–H groups in total. The van der Waals surface area contributed by atoms with E-state index in [0.29, 0.717) is 10.9 Å². The maximum Gasteiger partial charge on any atom is 0.291 e. The van der Waals surface area contributed by atoms with Gasteiger partial charge in [0.2, 0.25) is 0 Å². The number of hydrogen-bond acceptors (Lipinski definition) is 4. The van der Waals surface area contributed by atoms with E-state index in [-0.39, 0.29) is 17.6 Å². The quantitative estimate of drug-likeness (QED) is 0.859. The molecular formula is C20H24N2O3S. The van der Waals surface area contributed by atoms with Crippen LogP contribution in [0.25, 0.3) is 0 Å². The predicted molar refractivity (Wildman–Crippen MR) is 102 cm³/mol. The van der Waals surface area contributed by atoms with E-state index in [1.807, 2.05) is 17.9 Å². The summed E-state index contributed by atoms with van der Waals surface area (Å²) in [6.45, 7) is 3.67. The van der Waals surface area contributed by atoms with E-state index >= 15 is 0 Å². The standard InChI is InChI=1S/C20H24N2O3S/c1-13-11-17(21-19(23)16-7-4-10-25-16)26-18(13)20(24)22-9-8-14-5-2-3-6-15(14)12-22/h4,7,10-11,14-15H,2-3,5-6,8-9,12H2,1H3,(H,21,23)/t14-,15-/m0/s1. The number of hydrogen-bond donors (Lipinski definition) is 1. The van der Waals surface area contributed by atoms with Gasteiger partial charge in [0, 0.05) is 13.1 Å². The van der Waals surface area contributed by atoms with Crippen LogP contribution >= 0.6 is 11.3 Å². The summed E-state index contributed by atoms with van der Waals surface area (Å²) in [6.07, 6.45) is 7.82. The number of likely N-dealkylation sites (tertiary alicyclic amines) is 1. The fourth-order valence-corrected chi connectivity index (χ4v) is 5.30. The second kappa shape index (κ2) is 7.27. The maximum atomic E-state index is 13.0. The third-order valence-electron chi connectivity index (χ3n) is 5.67. The van der Waals surface area contributed by atoms with E-state index in [4.69, 9.17) is 4.42 Å². The Morgan fingerprint density at radius 1 is 1.23 bits per heavy atom. The molecule has 1 saturated carbocycles. The first-order chi connectivity index (χ1) is 12.6. The van der Waals surface area contributed by atoms with Crippen molar-refractivity contribution in [3.63, 3.8) is 0 Å². The third kappa shape index (κ3) is 3.43. The van der Waals surface area contributed by atoms with Crippen molar-refractivity contribution in [3.05, 3.63) is 40.7 Å². The molecule has 0 unspecified atom stereocenters. The zero-order valence-corrected chi connectivity index (χ0v) is 15.8. The van der Waals surface area contributed by atoms with Gasteiger partial charge < -0.3 is 14.6 Å². The van der Waals surface area contributed by atoms with Gasteiger partial charge in [-0.1, -0.05) is 19.3 Å². The Labute approximate surface area is 157 Å². The lowest BCUT2D eigenvalue weighted by Crippen LogP contribution is -2.44. The molecule has 4 rings (SSSR count). The highest BCUT2D eigenvalue weighted by atomic mass is 32.1. The fourth-order valence-electron chi connectivity index (χ4n) is 4.27. The van der Waals surface area contributed by atoms with Gasteiger partial charge in [-0.3, -0.25) is 9.59 Å². The Bertz CT molecular complexity index is 796. The molecule has 2 aromatic rings. The number of nitrogens with zero attached hydrogens (tertiary/aromatic N) is 1. The average Bonchev–Trinajstić information content (AvgIpc) is 3.30. The van der Waals surface area contributed by atoms with E-state index < -0.39 is 0 Å². The molecule has 0 aromatic carbocycles. The zero-order chi connectivity index (χ0) is 18.1. The van der Waals surface area contributed by atoms with Crippen molar-refractivity contribution in [2.45, 2.75) is 39.0 Å². The van der Waals surface area contributed by atoms with E-state index in [1.165, 1.54) is 43.3 Å². The van der Waals surface area contributed by atoms with Gasteiger partial charge in [-0.25, -0.2) is 0 Å². The molecule has 5 nitrogen and oxygen atoms in total. The molecule has 1 saturated heterocycles. The summed E-state index contributed by atoms with van der Waals surface area (Å²) in [5, 5.41) is 3.50. The normalized spacial score (nSPS) is 22.7. The number of nitrogens with one attached hydrogen (secondary N) is 1. The molecule has 138 valence electrons. The van der Waals surface area contributed by atoms with Gasteiger partial charge in [-0.2, -0.15) is 0 Å². The minimum absolute atomic E-state index is 0.107. The van der Waals surface area contributed by atoms with Crippen LogP contribution in [0.3, 0.4) is 0 Å². The van der Waals surface area contributed by atoms with Crippen molar-refractivity contribution in [2.75, 3.05) is 18.4 Å². The van der Waals surface area contributed by atoms with Gasteiger partial charge in [-0.05, 0) is 55.4 Å². The number of piperidine rings is 1. The number of carbonyl (C=O) groups is 2. The molecule has 0 bridgehead atoms. The van der Waals surface area contributed by atoms with Crippen molar-refractivity contribution in [1.82, 2.24) is 4.90 Å². The van der Waals surface area contributed by atoms with Crippen molar-refractivity contribution in [2.24, 2.45) is 11.8 Å². The Morgan fingerprint density at radius 2 is 2.04 bits per heavy atom. The van der Waals surface area contributed by atoms with Crippen LogP contribution in [0.5, 0.6) is 0 Å². The van der Waals surface area contributed by atoms with E-state index in [0.717, 1.165) is 35.9 Å². The number of carbonyl (C=O) groups excluding carboxylic acids is 2. The SMILES string of the molecule is Cc1cc(NC(=O)c2ccco2)sc1C(=O)N1CC[C@@H]2CCCC[C@H]2C1.